The second-order valence-corrected chi connectivity index (χ2v) is 8.92. The summed E-state index contributed by atoms with van der Waals surface area (Å²) in [7, 11) is 0. The minimum Gasteiger partial charge on any atom is -0.492 e. The third kappa shape index (κ3) is 8.78. The predicted molar refractivity (Wildman–Crippen MR) is 133 cm³/mol. The van der Waals surface area contributed by atoms with E-state index in [0.717, 1.165) is 0 Å². The third-order valence-corrected chi connectivity index (χ3v) is 4.54. The van der Waals surface area contributed by atoms with E-state index >= 15 is 0 Å². The first-order chi connectivity index (χ1) is 16.6. The first-order valence-electron chi connectivity index (χ1n) is 10.8. The van der Waals surface area contributed by atoms with E-state index in [1.54, 1.807) is 68.2 Å². The topological polar surface area (TPSA) is 94.5 Å². The number of rotatable bonds is 8. The number of ether oxygens (including phenoxy) is 2. The number of para-hydroxylation sites is 2. The Morgan fingerprint density at radius 1 is 1.14 bits per heavy atom. The molecule has 2 N–H and O–H groups in total. The molecule has 2 amide bonds. The fourth-order valence-electron chi connectivity index (χ4n) is 2.92. The van der Waals surface area contributed by atoms with E-state index < -0.39 is 17.5 Å². The molecule has 0 fully saturated rings. The summed E-state index contributed by atoms with van der Waals surface area (Å²) in [6.07, 6.45) is 5.68. The molecule has 8 nitrogen and oxygen atoms in total. The number of nitrogens with one attached hydrogen (secondary N) is 2. The first kappa shape index (κ1) is 25.8. The van der Waals surface area contributed by atoms with Gasteiger partial charge in [-0.3, -0.25) is 14.8 Å². The zero-order valence-corrected chi connectivity index (χ0v) is 20.3. The van der Waals surface area contributed by atoms with Crippen LogP contribution < -0.4 is 15.4 Å². The van der Waals surface area contributed by atoms with Crippen molar-refractivity contribution in [1.82, 2.24) is 9.78 Å². The van der Waals surface area contributed by atoms with E-state index in [2.05, 4.69) is 15.7 Å². The van der Waals surface area contributed by atoms with Crippen LogP contribution in [-0.4, -0.2) is 34.0 Å². The Kier molecular flexibility index (Phi) is 8.48. The van der Waals surface area contributed by atoms with Gasteiger partial charge >= 0.3 is 6.09 Å². The molecule has 0 radical (unpaired) electrons. The van der Waals surface area contributed by atoms with Crippen molar-refractivity contribution in [3.8, 4) is 5.75 Å². The highest BCUT2D eigenvalue weighted by molar-refractivity contribution is 6.30. The molecule has 3 aromatic rings. The summed E-state index contributed by atoms with van der Waals surface area (Å²) in [4.78, 5) is 24.5. The quantitative estimate of drug-likeness (QED) is 0.384. The minimum atomic E-state index is -0.644. The average molecular weight is 501 g/mol. The second kappa shape index (κ2) is 11.5. The predicted octanol–water partition coefficient (Wildman–Crippen LogP) is 5.75. The largest absolute Gasteiger partial charge is 0.492 e. The van der Waals surface area contributed by atoms with Crippen LogP contribution in [0.3, 0.4) is 0 Å². The minimum absolute atomic E-state index is 0.256. The van der Waals surface area contributed by atoms with Crippen LogP contribution in [0.2, 0.25) is 5.02 Å². The number of carbonyl (C=O) groups is 2. The van der Waals surface area contributed by atoms with E-state index in [1.807, 2.05) is 0 Å². The van der Waals surface area contributed by atoms with Crippen molar-refractivity contribution >= 4 is 41.1 Å². The summed E-state index contributed by atoms with van der Waals surface area (Å²) < 4.78 is 25.8. The highest BCUT2D eigenvalue weighted by Gasteiger charge is 2.17. The fourth-order valence-corrected chi connectivity index (χ4v) is 3.13. The first-order valence-corrected chi connectivity index (χ1v) is 11.1. The summed E-state index contributed by atoms with van der Waals surface area (Å²) >= 11 is 5.81. The van der Waals surface area contributed by atoms with Crippen molar-refractivity contribution in [1.29, 1.82) is 0 Å². The fraction of sp³-hybridized carbons (Fsp3) is 0.240. The van der Waals surface area contributed by atoms with E-state index in [0.29, 0.717) is 29.2 Å². The molecule has 2 aromatic carbocycles. The van der Waals surface area contributed by atoms with Gasteiger partial charge in [-0.2, -0.15) is 5.10 Å². The maximum absolute atomic E-state index is 13.4. The van der Waals surface area contributed by atoms with Crippen LogP contribution in [0.25, 0.3) is 6.08 Å². The number of carbonyl (C=O) groups excluding carboxylic acids is 2. The van der Waals surface area contributed by atoms with E-state index in [-0.39, 0.29) is 17.5 Å². The summed E-state index contributed by atoms with van der Waals surface area (Å²) in [5.74, 6) is -0.525. The van der Waals surface area contributed by atoms with Gasteiger partial charge in [-0.1, -0.05) is 23.7 Å². The van der Waals surface area contributed by atoms with Crippen LogP contribution >= 0.6 is 11.6 Å². The molecule has 0 spiro atoms. The van der Waals surface area contributed by atoms with Gasteiger partial charge in [0.15, 0.2) is 0 Å². The number of hydrogen-bond acceptors (Lipinski definition) is 5. The second-order valence-electron chi connectivity index (χ2n) is 8.49. The molecule has 0 aliphatic carbocycles. The highest BCUT2D eigenvalue weighted by atomic mass is 35.5. The van der Waals surface area contributed by atoms with E-state index in [9.17, 15) is 14.0 Å². The molecule has 0 saturated heterocycles. The lowest BCUT2D eigenvalue weighted by Gasteiger charge is -2.20. The molecule has 1 aromatic heterocycles. The van der Waals surface area contributed by atoms with Crippen molar-refractivity contribution in [3.63, 3.8) is 0 Å². The molecular formula is C25H26ClFN4O4. The molecule has 0 aliphatic rings. The van der Waals surface area contributed by atoms with Gasteiger partial charge in [-0.05, 0) is 51.1 Å². The standard InChI is InChI=1S/C25H26ClFN4O4/c1-25(2,3)35-24(33)30-22-7-5-4-6-21(22)29-23(32)9-8-17-15-28-31(16-17)10-11-34-20-13-18(26)12-19(27)14-20/h4-9,12-16H,10-11H2,1-3H3,(H,29,32)(H,30,33). The number of benzene rings is 2. The van der Waals surface area contributed by atoms with Crippen molar-refractivity contribution < 1.29 is 23.5 Å². The monoisotopic (exact) mass is 500 g/mol. The van der Waals surface area contributed by atoms with Crippen molar-refractivity contribution in [2.45, 2.75) is 32.9 Å². The Morgan fingerprint density at radius 3 is 2.54 bits per heavy atom. The normalized spacial score (nSPS) is 11.3. The van der Waals surface area contributed by atoms with Gasteiger partial charge in [-0.25, -0.2) is 9.18 Å². The van der Waals surface area contributed by atoms with Crippen LogP contribution in [0.5, 0.6) is 5.75 Å². The molecule has 1 heterocycles. The molecule has 3 rings (SSSR count). The molecular weight excluding hydrogens is 475 g/mol. The van der Waals surface area contributed by atoms with E-state index in [1.165, 1.54) is 24.3 Å². The van der Waals surface area contributed by atoms with Crippen LogP contribution in [0, 0.1) is 5.82 Å². The van der Waals surface area contributed by atoms with Crippen LogP contribution in [0.4, 0.5) is 20.6 Å². The number of halogens is 2. The van der Waals surface area contributed by atoms with Gasteiger partial charge in [-0.15, -0.1) is 0 Å². The maximum Gasteiger partial charge on any atom is 0.412 e. The van der Waals surface area contributed by atoms with Gasteiger partial charge in [0.25, 0.3) is 0 Å². The lowest BCUT2D eigenvalue weighted by molar-refractivity contribution is -0.111. The Hall–Kier alpha value is -3.85. The molecule has 0 aliphatic heterocycles. The summed E-state index contributed by atoms with van der Waals surface area (Å²) in [6.45, 7) is 5.96. The molecule has 0 bridgehead atoms. The lowest BCUT2D eigenvalue weighted by Crippen LogP contribution is -2.27. The summed E-state index contributed by atoms with van der Waals surface area (Å²) in [5, 5.41) is 9.84. The Balaban J connectivity index is 1.52. The molecule has 10 heteroatoms. The number of hydrogen-bond donors (Lipinski definition) is 2. The van der Waals surface area contributed by atoms with Gasteiger partial charge in [0, 0.05) is 28.9 Å². The van der Waals surface area contributed by atoms with Gasteiger partial charge < -0.3 is 14.8 Å². The Morgan fingerprint density at radius 2 is 1.86 bits per heavy atom. The summed E-state index contributed by atoms with van der Waals surface area (Å²) in [5.41, 5.74) is 0.901. The van der Waals surface area contributed by atoms with Crippen LogP contribution in [0.15, 0.2) is 60.9 Å². The van der Waals surface area contributed by atoms with Gasteiger partial charge in [0.05, 0.1) is 24.1 Å². The zero-order chi connectivity index (χ0) is 25.4. The zero-order valence-electron chi connectivity index (χ0n) is 19.5. The Labute approximate surface area is 207 Å². The van der Waals surface area contributed by atoms with Gasteiger partial charge in [0.2, 0.25) is 5.91 Å². The van der Waals surface area contributed by atoms with Crippen molar-refractivity contribution in [2.24, 2.45) is 0 Å². The van der Waals surface area contributed by atoms with Crippen molar-refractivity contribution in [2.75, 3.05) is 17.2 Å². The van der Waals surface area contributed by atoms with Crippen molar-refractivity contribution in [3.05, 3.63) is 77.3 Å². The van der Waals surface area contributed by atoms with Gasteiger partial charge in [0.1, 0.15) is 23.8 Å². The van der Waals surface area contributed by atoms with Crippen LogP contribution in [-0.2, 0) is 16.1 Å². The summed E-state index contributed by atoms with van der Waals surface area (Å²) in [6, 6.07) is 10.8. The molecule has 35 heavy (non-hydrogen) atoms. The lowest BCUT2D eigenvalue weighted by atomic mass is 10.2. The molecule has 184 valence electrons. The highest BCUT2D eigenvalue weighted by Crippen LogP contribution is 2.22. The molecule has 0 unspecified atom stereocenters. The molecule has 0 atom stereocenters. The van der Waals surface area contributed by atoms with E-state index in [4.69, 9.17) is 21.1 Å². The number of anilines is 2. The number of amides is 2. The van der Waals surface area contributed by atoms with Crippen LogP contribution in [0.1, 0.15) is 26.3 Å². The average Bonchev–Trinajstić information content (AvgIpc) is 3.19. The third-order valence-electron chi connectivity index (χ3n) is 4.33. The maximum atomic E-state index is 13.4. The smallest absolute Gasteiger partial charge is 0.412 e. The Bertz CT molecular complexity index is 1200. The number of nitrogens with zero attached hydrogens (tertiary/aromatic N) is 2. The number of aromatic nitrogens is 2. The SMILES string of the molecule is CC(C)(C)OC(=O)Nc1ccccc1NC(=O)C=Cc1cnn(CCOc2cc(F)cc(Cl)c2)c1. The molecule has 0 saturated carbocycles.